The zero-order chi connectivity index (χ0) is 18.7. The number of carbonyl (C=O) groups excluding carboxylic acids is 1. The van der Waals surface area contributed by atoms with Crippen molar-refractivity contribution in [3.8, 4) is 5.88 Å². The summed E-state index contributed by atoms with van der Waals surface area (Å²) in [6.07, 6.45) is 0. The van der Waals surface area contributed by atoms with Crippen LogP contribution in [0.1, 0.15) is 5.69 Å². The fourth-order valence-corrected chi connectivity index (χ4v) is 3.57. The minimum Gasteiger partial charge on any atom is -0.481 e. The molecule has 26 heavy (non-hydrogen) atoms. The lowest BCUT2D eigenvalue weighted by Gasteiger charge is -2.10. The molecule has 0 aliphatic rings. The van der Waals surface area contributed by atoms with Gasteiger partial charge in [-0.1, -0.05) is 36.4 Å². The van der Waals surface area contributed by atoms with E-state index in [0.29, 0.717) is 11.1 Å². The highest BCUT2D eigenvalue weighted by molar-refractivity contribution is 7.90. The van der Waals surface area contributed by atoms with Crippen molar-refractivity contribution in [2.45, 2.75) is 11.8 Å². The van der Waals surface area contributed by atoms with E-state index in [2.05, 4.69) is 15.3 Å². The number of sulfonamides is 1. The standard InChI is InChI=1S/C17H16N4O4S/c1-11-10-15(25-2)19-16(18-11)20-17(22)21-26(23,24)14-9-5-7-12-6-3-4-8-13(12)14/h3-10H,1-2H3,(H2,18,19,20,21,22). The second-order valence-corrected chi connectivity index (χ2v) is 7.06. The smallest absolute Gasteiger partial charge is 0.335 e. The van der Waals surface area contributed by atoms with Gasteiger partial charge in [0.25, 0.3) is 10.0 Å². The van der Waals surface area contributed by atoms with E-state index in [-0.39, 0.29) is 16.7 Å². The van der Waals surface area contributed by atoms with Gasteiger partial charge in [0, 0.05) is 17.1 Å². The van der Waals surface area contributed by atoms with Gasteiger partial charge in [-0.2, -0.15) is 4.98 Å². The lowest BCUT2D eigenvalue weighted by Crippen LogP contribution is -2.35. The Labute approximate surface area is 150 Å². The number of carbonyl (C=O) groups is 1. The Morgan fingerprint density at radius 1 is 1.08 bits per heavy atom. The third kappa shape index (κ3) is 3.72. The van der Waals surface area contributed by atoms with Crippen molar-refractivity contribution < 1.29 is 17.9 Å². The van der Waals surface area contributed by atoms with Crippen molar-refractivity contribution in [1.29, 1.82) is 0 Å². The number of nitrogens with zero attached hydrogens (tertiary/aromatic N) is 2. The van der Waals surface area contributed by atoms with Gasteiger partial charge in [0.2, 0.25) is 11.8 Å². The fraction of sp³-hybridized carbons (Fsp3) is 0.118. The molecular formula is C17H16N4O4S. The first-order chi connectivity index (χ1) is 12.4. The van der Waals surface area contributed by atoms with Crippen LogP contribution in [0.5, 0.6) is 5.88 Å². The molecule has 8 nitrogen and oxygen atoms in total. The number of rotatable bonds is 4. The number of anilines is 1. The molecule has 1 aromatic heterocycles. The van der Waals surface area contributed by atoms with E-state index in [1.807, 2.05) is 4.72 Å². The van der Waals surface area contributed by atoms with Crippen LogP contribution in [0.15, 0.2) is 53.4 Å². The molecule has 0 atom stereocenters. The number of nitrogens with one attached hydrogen (secondary N) is 2. The summed E-state index contributed by atoms with van der Waals surface area (Å²) in [7, 11) is -2.65. The third-order valence-corrected chi connectivity index (χ3v) is 4.92. The van der Waals surface area contributed by atoms with Crippen LogP contribution in [-0.4, -0.2) is 31.5 Å². The molecule has 0 saturated carbocycles. The van der Waals surface area contributed by atoms with Crippen LogP contribution in [0.2, 0.25) is 0 Å². The highest BCUT2D eigenvalue weighted by atomic mass is 32.2. The van der Waals surface area contributed by atoms with Crippen molar-refractivity contribution in [3.63, 3.8) is 0 Å². The summed E-state index contributed by atoms with van der Waals surface area (Å²) in [5.41, 5.74) is 0.559. The van der Waals surface area contributed by atoms with Gasteiger partial charge < -0.3 is 4.74 Å². The van der Waals surface area contributed by atoms with Crippen LogP contribution in [0.4, 0.5) is 10.7 Å². The second kappa shape index (κ2) is 6.96. The summed E-state index contributed by atoms with van der Waals surface area (Å²) in [6, 6.07) is 12.5. The molecular weight excluding hydrogens is 356 g/mol. The number of hydrogen-bond donors (Lipinski definition) is 2. The monoisotopic (exact) mass is 372 g/mol. The average Bonchev–Trinajstić information content (AvgIpc) is 2.60. The van der Waals surface area contributed by atoms with Crippen LogP contribution in [0, 0.1) is 6.92 Å². The number of ether oxygens (including phenoxy) is 1. The highest BCUT2D eigenvalue weighted by Crippen LogP contribution is 2.22. The molecule has 3 aromatic rings. The zero-order valence-corrected chi connectivity index (χ0v) is 14.9. The molecule has 2 amide bonds. The molecule has 0 radical (unpaired) electrons. The topological polar surface area (TPSA) is 110 Å². The summed E-state index contributed by atoms with van der Waals surface area (Å²) < 4.78 is 32.2. The van der Waals surface area contributed by atoms with Crippen molar-refractivity contribution in [3.05, 3.63) is 54.2 Å². The molecule has 0 aliphatic carbocycles. The van der Waals surface area contributed by atoms with Crippen LogP contribution < -0.4 is 14.8 Å². The van der Waals surface area contributed by atoms with E-state index in [9.17, 15) is 13.2 Å². The highest BCUT2D eigenvalue weighted by Gasteiger charge is 2.20. The number of hydrogen-bond acceptors (Lipinski definition) is 6. The summed E-state index contributed by atoms with van der Waals surface area (Å²) in [6.45, 7) is 1.69. The normalized spacial score (nSPS) is 11.2. The largest absolute Gasteiger partial charge is 0.481 e. The predicted molar refractivity (Wildman–Crippen MR) is 96.6 cm³/mol. The molecule has 0 fully saturated rings. The second-order valence-electron chi connectivity index (χ2n) is 5.41. The van der Waals surface area contributed by atoms with Crippen molar-refractivity contribution in [1.82, 2.24) is 14.7 Å². The van der Waals surface area contributed by atoms with Gasteiger partial charge in [-0.15, -0.1) is 0 Å². The maximum absolute atomic E-state index is 12.6. The molecule has 1 heterocycles. The van der Waals surface area contributed by atoms with E-state index >= 15 is 0 Å². The van der Waals surface area contributed by atoms with Crippen LogP contribution in [0.25, 0.3) is 10.8 Å². The van der Waals surface area contributed by atoms with Gasteiger partial charge in [0.15, 0.2) is 0 Å². The number of aromatic nitrogens is 2. The lowest BCUT2D eigenvalue weighted by molar-refractivity contribution is 0.256. The van der Waals surface area contributed by atoms with E-state index in [1.165, 1.54) is 13.2 Å². The quantitative estimate of drug-likeness (QED) is 0.728. The van der Waals surface area contributed by atoms with Crippen molar-refractivity contribution >= 4 is 32.8 Å². The molecule has 0 spiro atoms. The number of amides is 2. The van der Waals surface area contributed by atoms with E-state index in [4.69, 9.17) is 4.74 Å². The van der Waals surface area contributed by atoms with Crippen molar-refractivity contribution in [2.75, 3.05) is 12.4 Å². The van der Waals surface area contributed by atoms with Crippen LogP contribution in [-0.2, 0) is 10.0 Å². The number of benzene rings is 2. The number of urea groups is 1. The molecule has 0 unspecified atom stereocenters. The first-order valence-corrected chi connectivity index (χ1v) is 9.08. The Hall–Kier alpha value is -3.20. The van der Waals surface area contributed by atoms with E-state index in [1.54, 1.807) is 49.4 Å². The minimum atomic E-state index is -4.08. The molecule has 0 saturated heterocycles. The first-order valence-electron chi connectivity index (χ1n) is 7.60. The van der Waals surface area contributed by atoms with Gasteiger partial charge >= 0.3 is 6.03 Å². The number of methoxy groups -OCH3 is 1. The molecule has 134 valence electrons. The summed E-state index contributed by atoms with van der Waals surface area (Å²) in [5.74, 6) is 0.192. The molecule has 2 aromatic carbocycles. The first kappa shape index (κ1) is 17.6. The predicted octanol–water partition coefficient (Wildman–Crippen LogP) is 2.46. The van der Waals surface area contributed by atoms with Crippen LogP contribution in [0.3, 0.4) is 0 Å². The summed E-state index contributed by atoms with van der Waals surface area (Å²) >= 11 is 0. The molecule has 0 bridgehead atoms. The Morgan fingerprint density at radius 2 is 1.81 bits per heavy atom. The van der Waals surface area contributed by atoms with Crippen LogP contribution >= 0.6 is 0 Å². The van der Waals surface area contributed by atoms with Gasteiger partial charge in [0.1, 0.15) is 0 Å². The Morgan fingerprint density at radius 3 is 2.58 bits per heavy atom. The maximum Gasteiger partial charge on any atom is 0.335 e. The molecule has 3 rings (SSSR count). The fourth-order valence-electron chi connectivity index (χ4n) is 2.43. The maximum atomic E-state index is 12.6. The van der Waals surface area contributed by atoms with Gasteiger partial charge in [-0.25, -0.2) is 22.9 Å². The van der Waals surface area contributed by atoms with E-state index < -0.39 is 16.1 Å². The molecule has 9 heteroatoms. The average molecular weight is 372 g/mol. The summed E-state index contributed by atoms with van der Waals surface area (Å²) in [4.78, 5) is 20.1. The van der Waals surface area contributed by atoms with Gasteiger partial charge in [0.05, 0.1) is 12.0 Å². The zero-order valence-electron chi connectivity index (χ0n) is 14.1. The van der Waals surface area contributed by atoms with Crippen molar-refractivity contribution in [2.24, 2.45) is 0 Å². The van der Waals surface area contributed by atoms with Gasteiger partial charge in [-0.05, 0) is 18.4 Å². The number of fused-ring (bicyclic) bond motifs is 1. The summed E-state index contributed by atoms with van der Waals surface area (Å²) in [5, 5.41) is 3.57. The van der Waals surface area contributed by atoms with E-state index in [0.717, 1.165) is 5.39 Å². The molecule has 0 aliphatic heterocycles. The SMILES string of the molecule is COc1cc(C)nc(NC(=O)NS(=O)(=O)c2cccc3ccccc23)n1. The number of aryl methyl sites for hydroxylation is 1. The minimum absolute atomic E-state index is 0.00786. The Kier molecular flexibility index (Phi) is 4.72. The Balaban J connectivity index is 1.85. The third-order valence-electron chi connectivity index (χ3n) is 3.53. The lowest BCUT2D eigenvalue weighted by atomic mass is 10.1. The molecule has 2 N–H and O–H groups in total. The van der Waals surface area contributed by atoms with Gasteiger partial charge in [-0.3, -0.25) is 5.32 Å². The Bertz CT molecular complexity index is 1080.